The quantitative estimate of drug-likeness (QED) is 0.306. The van der Waals surface area contributed by atoms with Crippen LogP contribution in [0.15, 0.2) is 72.8 Å². The maximum Gasteiger partial charge on any atom is 0.217 e. The molecule has 0 aliphatic carbocycles. The molecule has 0 unspecified atom stereocenters. The summed E-state index contributed by atoms with van der Waals surface area (Å²) in [5.41, 5.74) is 6.29. The van der Waals surface area contributed by atoms with Crippen molar-refractivity contribution in [3.63, 3.8) is 0 Å². The Kier molecular flexibility index (Phi) is 10.1. The minimum atomic E-state index is -0.484. The summed E-state index contributed by atoms with van der Waals surface area (Å²) in [6, 6.07) is 25.4. The molecule has 3 fully saturated rings. The molecule has 0 radical (unpaired) electrons. The number of ether oxygens (including phenoxy) is 2. The van der Waals surface area contributed by atoms with Crippen molar-refractivity contribution in [2.45, 2.75) is 77.2 Å². The lowest BCUT2D eigenvalue weighted by Crippen LogP contribution is -2.48. The molecule has 3 aliphatic rings. The van der Waals surface area contributed by atoms with Gasteiger partial charge in [-0.15, -0.1) is 0 Å². The predicted octanol–water partition coefficient (Wildman–Crippen LogP) is 5.83. The molecule has 6 rings (SSSR count). The number of aliphatic hydroxyl groups excluding tert-OH is 1. The van der Waals surface area contributed by atoms with Crippen LogP contribution in [0.4, 0.5) is 0 Å². The van der Waals surface area contributed by atoms with E-state index in [9.17, 15) is 9.90 Å². The van der Waals surface area contributed by atoms with Crippen molar-refractivity contribution in [2.24, 2.45) is 5.92 Å². The van der Waals surface area contributed by atoms with E-state index in [1.165, 1.54) is 38.8 Å². The number of carbonyl (C=O) groups excluding carboxylic acids is 1. The summed E-state index contributed by atoms with van der Waals surface area (Å²) in [5.74, 6) is 0.126. The molecule has 3 aliphatic heterocycles. The second-order valence-corrected chi connectivity index (χ2v) is 12.8. The Morgan fingerprint density at radius 2 is 1.61 bits per heavy atom. The number of nitrogens with one attached hydrogen (secondary N) is 1. The molecule has 3 heterocycles. The van der Waals surface area contributed by atoms with Crippen molar-refractivity contribution in [3.05, 3.63) is 95.1 Å². The number of carbonyl (C=O) groups is 1. The van der Waals surface area contributed by atoms with Gasteiger partial charge in [0.2, 0.25) is 5.91 Å². The average molecular weight is 598 g/mol. The molecule has 7 heteroatoms. The Balaban J connectivity index is 1.23. The summed E-state index contributed by atoms with van der Waals surface area (Å²) >= 11 is 0. The zero-order valence-electron chi connectivity index (χ0n) is 26.2. The van der Waals surface area contributed by atoms with Gasteiger partial charge in [0.25, 0.3) is 0 Å². The first-order valence-corrected chi connectivity index (χ1v) is 16.4. The van der Waals surface area contributed by atoms with Gasteiger partial charge in [-0.2, -0.15) is 0 Å². The zero-order valence-corrected chi connectivity index (χ0v) is 26.2. The standard InChI is InChI=1S/C37H47N3O4/c1-26-35(24-40-21-7-9-33(40)23-39-19-5-6-20-39)43-37(44-36(26)30-13-11-28(25-41)12-14-30)31-17-15-29(16-18-31)34-10-4-3-8-32(34)22-38-27(2)42/h3-4,8,10-18,26,33,35-37,41H,5-7,9,19-25H2,1-2H3,(H,38,42)/t26-,33+,35+,36+,37+/m1/s1. The fraction of sp³-hybridized carbons (Fsp3) is 0.486. The SMILES string of the molecule is CC(=O)NCc1ccccc1-c1ccc([C@H]2O[C@@H](CN3CCC[C@H]3CN3CCCC3)[C@@H](C)[C@@H](c3ccc(CO)cc3)O2)cc1. The van der Waals surface area contributed by atoms with Gasteiger partial charge in [0, 0.05) is 44.1 Å². The number of hydrogen-bond acceptors (Lipinski definition) is 6. The first-order chi connectivity index (χ1) is 21.5. The van der Waals surface area contributed by atoms with Crippen molar-refractivity contribution in [1.29, 1.82) is 0 Å². The van der Waals surface area contributed by atoms with Crippen LogP contribution < -0.4 is 5.32 Å². The van der Waals surface area contributed by atoms with Crippen LogP contribution in [0, 0.1) is 5.92 Å². The lowest BCUT2D eigenvalue weighted by molar-refractivity contribution is -0.276. The first kappa shape index (κ1) is 30.9. The van der Waals surface area contributed by atoms with E-state index in [2.05, 4.69) is 70.6 Å². The lowest BCUT2D eigenvalue weighted by Gasteiger charge is -2.43. The smallest absolute Gasteiger partial charge is 0.217 e. The third kappa shape index (κ3) is 7.24. The van der Waals surface area contributed by atoms with Gasteiger partial charge in [0.05, 0.1) is 18.8 Å². The molecule has 0 spiro atoms. The minimum absolute atomic E-state index is 0.0218. The van der Waals surface area contributed by atoms with Crippen molar-refractivity contribution in [3.8, 4) is 11.1 Å². The molecule has 3 aromatic rings. The maximum atomic E-state index is 11.5. The van der Waals surface area contributed by atoms with Crippen LogP contribution in [0.1, 0.15) is 74.2 Å². The third-order valence-electron chi connectivity index (χ3n) is 9.74. The normalized spacial score (nSPS) is 26.2. The number of amides is 1. The minimum Gasteiger partial charge on any atom is -0.392 e. The Bertz CT molecular complexity index is 1370. The molecule has 1 amide bonds. The van der Waals surface area contributed by atoms with Gasteiger partial charge in [0.15, 0.2) is 6.29 Å². The van der Waals surface area contributed by atoms with E-state index in [0.29, 0.717) is 12.6 Å². The largest absolute Gasteiger partial charge is 0.392 e. The summed E-state index contributed by atoms with van der Waals surface area (Å²) in [6.07, 6.45) is 4.57. The van der Waals surface area contributed by atoms with Gasteiger partial charge in [-0.25, -0.2) is 0 Å². The van der Waals surface area contributed by atoms with Crippen molar-refractivity contribution in [2.75, 3.05) is 32.7 Å². The number of likely N-dealkylation sites (tertiary alicyclic amines) is 2. The van der Waals surface area contributed by atoms with E-state index < -0.39 is 6.29 Å². The summed E-state index contributed by atoms with van der Waals surface area (Å²) in [7, 11) is 0. The van der Waals surface area contributed by atoms with E-state index in [1.807, 2.05) is 24.3 Å². The molecule has 7 nitrogen and oxygen atoms in total. The molecule has 0 bridgehead atoms. The Labute approximate surface area is 262 Å². The molecule has 2 N–H and O–H groups in total. The highest BCUT2D eigenvalue weighted by atomic mass is 16.7. The van der Waals surface area contributed by atoms with Gasteiger partial charge in [-0.05, 0) is 73.1 Å². The van der Waals surface area contributed by atoms with Crippen LogP contribution in [0.3, 0.4) is 0 Å². The van der Waals surface area contributed by atoms with Gasteiger partial charge in [0.1, 0.15) is 0 Å². The van der Waals surface area contributed by atoms with E-state index in [0.717, 1.165) is 53.0 Å². The van der Waals surface area contributed by atoms with Crippen LogP contribution in [-0.4, -0.2) is 65.7 Å². The Morgan fingerprint density at radius 3 is 2.34 bits per heavy atom. The maximum absolute atomic E-state index is 11.5. The highest BCUT2D eigenvalue weighted by Crippen LogP contribution is 2.42. The fourth-order valence-corrected chi connectivity index (χ4v) is 7.16. The van der Waals surface area contributed by atoms with Crippen molar-refractivity contribution in [1.82, 2.24) is 15.1 Å². The second kappa shape index (κ2) is 14.4. The number of hydrogen-bond donors (Lipinski definition) is 2. The molecule has 3 aromatic carbocycles. The molecule has 5 atom stereocenters. The van der Waals surface area contributed by atoms with E-state index in [-0.39, 0.29) is 30.6 Å². The average Bonchev–Trinajstić information content (AvgIpc) is 3.74. The van der Waals surface area contributed by atoms with Gasteiger partial charge < -0.3 is 24.8 Å². The molecule has 3 saturated heterocycles. The number of rotatable bonds is 10. The molecule has 0 aromatic heterocycles. The van der Waals surface area contributed by atoms with Crippen LogP contribution in [0.5, 0.6) is 0 Å². The van der Waals surface area contributed by atoms with Gasteiger partial charge in [-0.1, -0.05) is 79.7 Å². The Hall–Kier alpha value is -3.07. The van der Waals surface area contributed by atoms with Gasteiger partial charge in [-0.3, -0.25) is 9.69 Å². The van der Waals surface area contributed by atoms with Crippen LogP contribution in [0.25, 0.3) is 11.1 Å². The monoisotopic (exact) mass is 597 g/mol. The highest BCUT2D eigenvalue weighted by molar-refractivity contribution is 5.74. The van der Waals surface area contributed by atoms with E-state index >= 15 is 0 Å². The number of aliphatic hydroxyl groups is 1. The molecule has 0 saturated carbocycles. The molecular formula is C37H47N3O4. The lowest BCUT2D eigenvalue weighted by atomic mass is 9.89. The predicted molar refractivity (Wildman–Crippen MR) is 173 cm³/mol. The topological polar surface area (TPSA) is 74.3 Å². The summed E-state index contributed by atoms with van der Waals surface area (Å²) < 4.78 is 13.6. The van der Waals surface area contributed by atoms with Crippen molar-refractivity contribution >= 4 is 5.91 Å². The summed E-state index contributed by atoms with van der Waals surface area (Å²) in [5, 5.41) is 12.5. The van der Waals surface area contributed by atoms with E-state index in [1.54, 1.807) is 6.92 Å². The third-order valence-corrected chi connectivity index (χ3v) is 9.74. The van der Waals surface area contributed by atoms with E-state index in [4.69, 9.17) is 9.47 Å². The number of benzene rings is 3. The Morgan fingerprint density at radius 1 is 0.886 bits per heavy atom. The second-order valence-electron chi connectivity index (χ2n) is 12.8. The van der Waals surface area contributed by atoms with Gasteiger partial charge >= 0.3 is 0 Å². The van der Waals surface area contributed by atoms with Crippen LogP contribution >= 0.6 is 0 Å². The fourth-order valence-electron chi connectivity index (χ4n) is 7.16. The zero-order chi connectivity index (χ0) is 30.5. The highest BCUT2D eigenvalue weighted by Gasteiger charge is 2.40. The van der Waals surface area contributed by atoms with Crippen molar-refractivity contribution < 1.29 is 19.4 Å². The molecule has 234 valence electrons. The molecular weight excluding hydrogens is 550 g/mol. The summed E-state index contributed by atoms with van der Waals surface area (Å²) in [4.78, 5) is 16.9. The van der Waals surface area contributed by atoms with Crippen LogP contribution in [-0.2, 0) is 27.4 Å². The summed E-state index contributed by atoms with van der Waals surface area (Å²) in [6.45, 7) is 9.98. The molecule has 44 heavy (non-hydrogen) atoms. The van der Waals surface area contributed by atoms with Crippen LogP contribution in [0.2, 0.25) is 0 Å². The number of nitrogens with zero attached hydrogens (tertiary/aromatic N) is 2. The first-order valence-electron chi connectivity index (χ1n) is 16.4.